The zero-order valence-electron chi connectivity index (χ0n) is 13.0. The second kappa shape index (κ2) is 4.65. The van der Waals surface area contributed by atoms with Gasteiger partial charge in [0.25, 0.3) is 5.69 Å². The summed E-state index contributed by atoms with van der Waals surface area (Å²) in [4.78, 5) is 34.7. The lowest BCUT2D eigenvalue weighted by Gasteiger charge is -2.30. The van der Waals surface area contributed by atoms with Gasteiger partial charge in [0, 0.05) is 18.1 Å². The number of fused-ring (bicyclic) bond motifs is 3. The third kappa shape index (κ3) is 1.77. The largest absolute Gasteiger partial charge is 0.454 e. The second-order valence-electron chi connectivity index (χ2n) is 7.65. The van der Waals surface area contributed by atoms with Crippen molar-refractivity contribution in [2.45, 2.75) is 12.8 Å². The number of hydrogen-bond acceptors (Lipinski definition) is 5. The van der Waals surface area contributed by atoms with E-state index in [0.29, 0.717) is 11.8 Å². The summed E-state index contributed by atoms with van der Waals surface area (Å²) in [6.07, 6.45) is 2.40. The molecule has 6 heteroatoms. The van der Waals surface area contributed by atoms with Crippen LogP contribution in [-0.4, -0.2) is 23.3 Å². The van der Waals surface area contributed by atoms with E-state index in [9.17, 15) is 19.7 Å². The van der Waals surface area contributed by atoms with Crippen molar-refractivity contribution in [1.82, 2.24) is 0 Å². The average Bonchev–Trinajstić information content (AvgIpc) is 2.89. The van der Waals surface area contributed by atoms with Crippen molar-refractivity contribution in [3.8, 4) is 0 Å². The monoisotopic (exact) mass is 327 g/mol. The molecule has 1 aromatic carbocycles. The van der Waals surface area contributed by atoms with Gasteiger partial charge in [0.2, 0.25) is 0 Å². The topological polar surface area (TPSA) is 86.5 Å². The van der Waals surface area contributed by atoms with Gasteiger partial charge in [0.15, 0.2) is 12.4 Å². The molecular formula is C18H17NO5. The van der Waals surface area contributed by atoms with Crippen molar-refractivity contribution in [1.29, 1.82) is 0 Å². The van der Waals surface area contributed by atoms with Crippen LogP contribution in [0.1, 0.15) is 23.2 Å². The Hall–Kier alpha value is -2.24. The normalized spacial score (nSPS) is 39.8. The van der Waals surface area contributed by atoms with Gasteiger partial charge < -0.3 is 4.74 Å². The molecule has 0 heterocycles. The first-order valence-electron chi connectivity index (χ1n) is 8.50. The Morgan fingerprint density at radius 2 is 1.71 bits per heavy atom. The fraction of sp³-hybridized carbons (Fsp3) is 0.556. The van der Waals surface area contributed by atoms with E-state index in [-0.39, 0.29) is 29.6 Å². The molecule has 4 saturated carbocycles. The molecular weight excluding hydrogens is 310 g/mol. The van der Waals surface area contributed by atoms with E-state index >= 15 is 0 Å². The van der Waals surface area contributed by atoms with E-state index in [0.717, 1.165) is 23.7 Å². The minimum Gasteiger partial charge on any atom is -0.454 e. The highest BCUT2D eigenvalue weighted by Gasteiger charge is 2.76. The molecule has 5 rings (SSSR count). The number of rotatable bonds is 5. The number of carbonyl (C=O) groups is 2. The highest BCUT2D eigenvalue weighted by Crippen LogP contribution is 2.80. The number of non-ortho nitro benzene ring substituents is 1. The SMILES string of the molecule is O=C(OCC(=O)[C@@H]1[C@H]2C[C@H]3[C@@H]1C[C@@H]1[C@H]3[C@@H]12)c1ccc([N+](=O)[O-])cc1. The summed E-state index contributed by atoms with van der Waals surface area (Å²) < 4.78 is 5.17. The minimum atomic E-state index is -0.600. The molecule has 4 aliphatic rings. The van der Waals surface area contributed by atoms with Crippen LogP contribution < -0.4 is 0 Å². The fourth-order valence-electron chi connectivity index (χ4n) is 6.16. The summed E-state index contributed by atoms with van der Waals surface area (Å²) >= 11 is 0. The van der Waals surface area contributed by atoms with Gasteiger partial charge in [0.05, 0.1) is 10.5 Å². The van der Waals surface area contributed by atoms with Crippen LogP contribution in [0.3, 0.4) is 0 Å². The molecule has 24 heavy (non-hydrogen) atoms. The molecule has 0 N–H and O–H groups in total. The lowest BCUT2D eigenvalue weighted by atomic mass is 9.74. The van der Waals surface area contributed by atoms with Crippen molar-refractivity contribution >= 4 is 17.4 Å². The zero-order valence-corrected chi connectivity index (χ0v) is 13.0. The number of benzene rings is 1. The van der Waals surface area contributed by atoms with Crippen LogP contribution in [0.5, 0.6) is 0 Å². The highest BCUT2D eigenvalue weighted by atomic mass is 16.6. The Morgan fingerprint density at radius 3 is 2.29 bits per heavy atom. The first-order chi connectivity index (χ1) is 11.6. The lowest BCUT2D eigenvalue weighted by Crippen LogP contribution is -2.35. The van der Waals surface area contributed by atoms with Crippen molar-refractivity contribution in [3.05, 3.63) is 39.9 Å². The maximum absolute atomic E-state index is 12.5. The molecule has 0 saturated heterocycles. The summed E-state index contributed by atoms with van der Waals surface area (Å²) in [6, 6.07) is 5.23. The van der Waals surface area contributed by atoms with Crippen LogP contribution >= 0.6 is 0 Å². The number of ether oxygens (including phenoxy) is 1. The third-order valence-electron chi connectivity index (χ3n) is 6.87. The van der Waals surface area contributed by atoms with Gasteiger partial charge in [-0.2, -0.15) is 0 Å². The van der Waals surface area contributed by atoms with E-state index in [1.165, 1.54) is 37.1 Å². The van der Waals surface area contributed by atoms with Crippen LogP contribution in [0.25, 0.3) is 0 Å². The van der Waals surface area contributed by atoms with Crippen molar-refractivity contribution in [2.24, 2.45) is 41.4 Å². The third-order valence-corrected chi connectivity index (χ3v) is 6.87. The molecule has 0 unspecified atom stereocenters. The van der Waals surface area contributed by atoms with E-state index < -0.39 is 10.9 Å². The summed E-state index contributed by atoms with van der Waals surface area (Å²) in [5.74, 6) is 3.96. The molecule has 0 aliphatic heterocycles. The Balaban J connectivity index is 1.21. The number of esters is 1. The number of nitro benzene ring substituents is 1. The number of hydrogen-bond donors (Lipinski definition) is 0. The Bertz CT molecular complexity index is 753. The quantitative estimate of drug-likeness (QED) is 0.471. The number of nitro groups is 1. The predicted octanol–water partition coefficient (Wildman–Crippen LogP) is 2.47. The van der Waals surface area contributed by atoms with E-state index in [1.807, 2.05) is 0 Å². The van der Waals surface area contributed by atoms with Gasteiger partial charge >= 0.3 is 5.97 Å². The summed E-state index contributed by atoms with van der Waals surface area (Å²) in [5.41, 5.74) is 0.149. The molecule has 0 amide bonds. The maximum Gasteiger partial charge on any atom is 0.338 e. The van der Waals surface area contributed by atoms with Crippen LogP contribution in [0.4, 0.5) is 5.69 Å². The smallest absolute Gasteiger partial charge is 0.338 e. The Kier molecular flexibility index (Phi) is 2.74. The first-order valence-corrected chi connectivity index (χ1v) is 8.50. The molecule has 0 spiro atoms. The second-order valence-corrected chi connectivity index (χ2v) is 7.65. The number of carbonyl (C=O) groups excluding carboxylic acids is 2. The van der Waals surface area contributed by atoms with Crippen LogP contribution in [0.15, 0.2) is 24.3 Å². The van der Waals surface area contributed by atoms with Gasteiger partial charge in [-0.05, 0) is 60.5 Å². The zero-order chi connectivity index (χ0) is 16.6. The molecule has 0 aromatic heterocycles. The summed E-state index contributed by atoms with van der Waals surface area (Å²) in [6.45, 7) is -0.178. The molecule has 4 aliphatic carbocycles. The van der Waals surface area contributed by atoms with Crippen LogP contribution in [0.2, 0.25) is 0 Å². The molecule has 1 aromatic rings. The summed E-state index contributed by atoms with van der Waals surface area (Å²) in [7, 11) is 0. The van der Waals surface area contributed by atoms with Gasteiger partial charge in [-0.25, -0.2) is 4.79 Å². The van der Waals surface area contributed by atoms with Crippen LogP contribution in [0, 0.1) is 51.5 Å². The number of Topliss-reactive ketones (excluding diaryl/α,β-unsaturated/α-hetero) is 1. The van der Waals surface area contributed by atoms with Gasteiger partial charge in [-0.1, -0.05) is 0 Å². The molecule has 4 fully saturated rings. The maximum atomic E-state index is 12.5. The molecule has 0 radical (unpaired) electrons. The Morgan fingerprint density at radius 1 is 1.04 bits per heavy atom. The number of nitrogens with zero attached hydrogens (tertiary/aromatic N) is 1. The molecule has 2 bridgehead atoms. The predicted molar refractivity (Wildman–Crippen MR) is 82.0 cm³/mol. The fourth-order valence-corrected chi connectivity index (χ4v) is 6.16. The van der Waals surface area contributed by atoms with Gasteiger partial charge in [-0.15, -0.1) is 0 Å². The van der Waals surface area contributed by atoms with E-state index in [2.05, 4.69) is 0 Å². The first kappa shape index (κ1) is 14.1. The van der Waals surface area contributed by atoms with Crippen molar-refractivity contribution in [2.75, 3.05) is 6.61 Å². The van der Waals surface area contributed by atoms with Crippen LogP contribution in [-0.2, 0) is 9.53 Å². The van der Waals surface area contributed by atoms with Crippen molar-refractivity contribution < 1.29 is 19.2 Å². The highest BCUT2D eigenvalue weighted by molar-refractivity contribution is 5.92. The van der Waals surface area contributed by atoms with Crippen molar-refractivity contribution in [3.63, 3.8) is 0 Å². The molecule has 6 nitrogen and oxygen atoms in total. The lowest BCUT2D eigenvalue weighted by molar-refractivity contribution is -0.384. The van der Waals surface area contributed by atoms with Gasteiger partial charge in [0.1, 0.15) is 0 Å². The Labute approximate surface area is 138 Å². The van der Waals surface area contributed by atoms with E-state index in [4.69, 9.17) is 4.74 Å². The van der Waals surface area contributed by atoms with E-state index in [1.54, 1.807) is 0 Å². The minimum absolute atomic E-state index is 0.0616. The van der Waals surface area contributed by atoms with Gasteiger partial charge in [-0.3, -0.25) is 14.9 Å². The standard InChI is InChI=1S/C18H17NO5/c20-14(15-10-5-13-16-11(10)6-12(15)17(13)16)7-24-18(21)8-1-3-9(4-2-8)19(22)23/h1-4,10-13,15-17H,5-7H2/t10-,11-,12+,13+,15-,16-,17+/m0/s1. The molecule has 7 atom stereocenters. The average molecular weight is 327 g/mol. The number of ketones is 1. The molecule has 124 valence electrons. The summed E-state index contributed by atoms with van der Waals surface area (Å²) in [5, 5.41) is 10.6.